The molecule has 0 aromatic heterocycles. The summed E-state index contributed by atoms with van der Waals surface area (Å²) in [5, 5.41) is 2.60. The summed E-state index contributed by atoms with van der Waals surface area (Å²) in [6, 6.07) is 12.5. The van der Waals surface area contributed by atoms with Gasteiger partial charge in [-0.1, -0.05) is 25.1 Å². The van der Waals surface area contributed by atoms with Crippen LogP contribution in [0, 0.1) is 0 Å². The van der Waals surface area contributed by atoms with Gasteiger partial charge in [-0.15, -0.1) is 0 Å². The number of halogens is 1. The summed E-state index contributed by atoms with van der Waals surface area (Å²) in [5.74, 6) is 0.811. The number of hydrogen-bond acceptors (Lipinski definition) is 4. The number of aryl methyl sites for hydroxylation is 1. The molecule has 6 nitrogen and oxygen atoms in total. The van der Waals surface area contributed by atoms with Crippen LogP contribution >= 0.6 is 15.9 Å². The molecule has 2 aromatic rings. The Balaban J connectivity index is 2.14. The fraction of sp³-hybridized carbons (Fsp3) is 0.364. The number of ether oxygens (including phenoxy) is 2. The third-order valence-electron chi connectivity index (χ3n) is 4.68. The van der Waals surface area contributed by atoms with Crippen molar-refractivity contribution in [3.63, 3.8) is 0 Å². The fourth-order valence-corrected chi connectivity index (χ4v) is 3.36. The first-order valence-electron chi connectivity index (χ1n) is 9.44. The van der Waals surface area contributed by atoms with Gasteiger partial charge in [-0.05, 0) is 64.7 Å². The van der Waals surface area contributed by atoms with Crippen molar-refractivity contribution in [2.24, 2.45) is 0 Å². The van der Waals surface area contributed by atoms with E-state index in [0.717, 1.165) is 22.2 Å². The molecule has 2 rings (SSSR count). The molecule has 0 radical (unpaired) electrons. The van der Waals surface area contributed by atoms with Crippen LogP contribution in [-0.2, 0) is 22.6 Å². The summed E-state index contributed by atoms with van der Waals surface area (Å²) in [4.78, 5) is 26.6. The molecular weight excluding hydrogens is 436 g/mol. The van der Waals surface area contributed by atoms with Crippen molar-refractivity contribution in [2.45, 2.75) is 32.9 Å². The van der Waals surface area contributed by atoms with E-state index in [1.54, 1.807) is 21.1 Å². The maximum absolute atomic E-state index is 12.9. The number of carbonyl (C=O) groups is 2. The molecule has 0 saturated heterocycles. The van der Waals surface area contributed by atoms with E-state index < -0.39 is 6.04 Å². The molecule has 0 heterocycles. The van der Waals surface area contributed by atoms with Gasteiger partial charge < -0.3 is 19.7 Å². The molecule has 0 saturated carbocycles. The van der Waals surface area contributed by atoms with E-state index in [-0.39, 0.29) is 25.0 Å². The minimum Gasteiger partial charge on any atom is -0.497 e. The van der Waals surface area contributed by atoms with Crippen molar-refractivity contribution in [2.75, 3.05) is 20.8 Å². The summed E-state index contributed by atoms with van der Waals surface area (Å²) >= 11 is 3.48. The van der Waals surface area contributed by atoms with E-state index in [2.05, 4.69) is 28.2 Å². The average molecular weight is 463 g/mol. The molecule has 0 aliphatic carbocycles. The molecule has 1 atom stereocenters. The number of nitrogens with one attached hydrogen (secondary N) is 1. The smallest absolute Gasteiger partial charge is 0.261 e. The normalized spacial score (nSPS) is 11.5. The van der Waals surface area contributed by atoms with Gasteiger partial charge in [0.2, 0.25) is 5.91 Å². The van der Waals surface area contributed by atoms with Crippen LogP contribution in [0.5, 0.6) is 11.5 Å². The molecule has 0 unspecified atom stereocenters. The predicted molar refractivity (Wildman–Crippen MR) is 116 cm³/mol. The van der Waals surface area contributed by atoms with E-state index in [0.29, 0.717) is 5.75 Å². The molecule has 2 aromatic carbocycles. The lowest BCUT2D eigenvalue weighted by Crippen LogP contribution is -2.48. The molecule has 7 heteroatoms. The van der Waals surface area contributed by atoms with Gasteiger partial charge in [-0.2, -0.15) is 0 Å². The van der Waals surface area contributed by atoms with Crippen molar-refractivity contribution in [3.05, 3.63) is 58.1 Å². The average Bonchev–Trinajstić information content (AvgIpc) is 2.75. The van der Waals surface area contributed by atoms with Crippen molar-refractivity contribution in [1.29, 1.82) is 0 Å². The zero-order valence-corrected chi connectivity index (χ0v) is 18.8. The standard InChI is InChI=1S/C22H27BrN2O4/c1-5-16-8-11-20(19(23)12-16)29-14-21(26)25(15(2)22(27)24-3)13-17-6-9-18(28-4)10-7-17/h6-12,15H,5,13-14H2,1-4H3,(H,24,27)/t15-/m1/s1. The molecular formula is C22H27BrN2O4. The molecule has 0 aliphatic heterocycles. The Hall–Kier alpha value is -2.54. The summed E-state index contributed by atoms with van der Waals surface area (Å²) in [5.41, 5.74) is 2.06. The van der Waals surface area contributed by atoms with Crippen molar-refractivity contribution in [3.8, 4) is 11.5 Å². The molecule has 1 N–H and O–H groups in total. The third kappa shape index (κ3) is 6.22. The Morgan fingerprint density at radius 3 is 2.34 bits per heavy atom. The molecule has 0 spiro atoms. The number of rotatable bonds is 9. The van der Waals surface area contributed by atoms with Crippen LogP contribution in [-0.4, -0.2) is 43.5 Å². The second-order valence-electron chi connectivity index (χ2n) is 6.57. The van der Waals surface area contributed by atoms with Crippen LogP contribution in [0.3, 0.4) is 0 Å². The van der Waals surface area contributed by atoms with Gasteiger partial charge in [0.05, 0.1) is 11.6 Å². The van der Waals surface area contributed by atoms with Crippen LogP contribution in [0.25, 0.3) is 0 Å². The van der Waals surface area contributed by atoms with Crippen molar-refractivity contribution in [1.82, 2.24) is 10.2 Å². The lowest BCUT2D eigenvalue weighted by atomic mass is 10.1. The molecule has 0 fully saturated rings. The van der Waals surface area contributed by atoms with E-state index in [1.807, 2.05) is 42.5 Å². The topological polar surface area (TPSA) is 67.9 Å². The lowest BCUT2D eigenvalue weighted by molar-refractivity contribution is -0.142. The van der Waals surface area contributed by atoms with Gasteiger partial charge in [0.1, 0.15) is 17.5 Å². The highest BCUT2D eigenvalue weighted by molar-refractivity contribution is 9.10. The second kappa shape index (κ2) is 10.9. The van der Waals surface area contributed by atoms with Crippen LogP contribution in [0.15, 0.2) is 46.9 Å². The number of carbonyl (C=O) groups excluding carboxylic acids is 2. The molecule has 0 bridgehead atoms. The Kier molecular flexibility index (Phi) is 8.51. The highest BCUT2D eigenvalue weighted by Crippen LogP contribution is 2.26. The predicted octanol–water partition coefficient (Wildman–Crippen LogP) is 3.56. The summed E-state index contributed by atoms with van der Waals surface area (Å²) in [6.45, 7) is 3.90. The van der Waals surface area contributed by atoms with Gasteiger partial charge in [-0.25, -0.2) is 0 Å². The number of benzene rings is 2. The van der Waals surface area contributed by atoms with Gasteiger partial charge in [0.25, 0.3) is 5.91 Å². The molecule has 156 valence electrons. The zero-order valence-electron chi connectivity index (χ0n) is 17.2. The Morgan fingerprint density at radius 2 is 1.79 bits per heavy atom. The quantitative estimate of drug-likeness (QED) is 0.618. The maximum atomic E-state index is 12.9. The first-order valence-corrected chi connectivity index (χ1v) is 10.2. The van der Waals surface area contributed by atoms with E-state index >= 15 is 0 Å². The first-order chi connectivity index (χ1) is 13.9. The number of amides is 2. The minimum atomic E-state index is -0.635. The van der Waals surface area contributed by atoms with Crippen molar-refractivity contribution >= 4 is 27.7 Å². The monoisotopic (exact) mass is 462 g/mol. The van der Waals surface area contributed by atoms with Crippen molar-refractivity contribution < 1.29 is 19.1 Å². The van der Waals surface area contributed by atoms with E-state index in [1.165, 1.54) is 10.5 Å². The lowest BCUT2D eigenvalue weighted by Gasteiger charge is -2.28. The number of methoxy groups -OCH3 is 1. The van der Waals surface area contributed by atoms with Crippen LogP contribution in [0.1, 0.15) is 25.0 Å². The van der Waals surface area contributed by atoms with Gasteiger partial charge in [0.15, 0.2) is 6.61 Å². The van der Waals surface area contributed by atoms with E-state index in [4.69, 9.17) is 9.47 Å². The summed E-state index contributed by atoms with van der Waals surface area (Å²) in [7, 11) is 3.15. The highest BCUT2D eigenvalue weighted by atomic mass is 79.9. The zero-order chi connectivity index (χ0) is 21.4. The van der Waals surface area contributed by atoms with Gasteiger partial charge in [-0.3, -0.25) is 9.59 Å². The minimum absolute atomic E-state index is 0.165. The number of likely N-dealkylation sites (N-methyl/N-ethyl adjacent to an activating group) is 1. The van der Waals surface area contributed by atoms with Crippen LogP contribution in [0.2, 0.25) is 0 Å². The van der Waals surface area contributed by atoms with E-state index in [9.17, 15) is 9.59 Å². The molecule has 29 heavy (non-hydrogen) atoms. The third-order valence-corrected chi connectivity index (χ3v) is 5.30. The SMILES string of the molecule is CCc1ccc(OCC(=O)N(Cc2ccc(OC)cc2)[C@H](C)C(=O)NC)c(Br)c1. The number of hydrogen-bond donors (Lipinski definition) is 1. The second-order valence-corrected chi connectivity index (χ2v) is 7.42. The Morgan fingerprint density at radius 1 is 1.14 bits per heavy atom. The molecule has 0 aliphatic rings. The van der Waals surface area contributed by atoms with Crippen LogP contribution in [0.4, 0.5) is 0 Å². The fourth-order valence-electron chi connectivity index (χ4n) is 2.82. The molecule has 2 amide bonds. The Bertz CT molecular complexity index is 839. The summed E-state index contributed by atoms with van der Waals surface area (Å²) < 4.78 is 11.7. The van der Waals surface area contributed by atoms with Gasteiger partial charge >= 0.3 is 0 Å². The number of nitrogens with zero attached hydrogens (tertiary/aromatic N) is 1. The maximum Gasteiger partial charge on any atom is 0.261 e. The van der Waals surface area contributed by atoms with Gasteiger partial charge in [0, 0.05) is 13.6 Å². The highest BCUT2D eigenvalue weighted by Gasteiger charge is 2.26. The first kappa shape index (κ1) is 22.7. The van der Waals surface area contributed by atoms with Crippen LogP contribution < -0.4 is 14.8 Å². The summed E-state index contributed by atoms with van der Waals surface area (Å²) in [6.07, 6.45) is 0.914. The largest absolute Gasteiger partial charge is 0.497 e. The Labute approximate surface area is 180 Å².